The van der Waals surface area contributed by atoms with E-state index in [4.69, 9.17) is 5.11 Å². The van der Waals surface area contributed by atoms with Crippen LogP contribution in [0.3, 0.4) is 0 Å². The van der Waals surface area contributed by atoms with Gasteiger partial charge in [-0.1, -0.05) is 44.2 Å². The number of carbonyl (C=O) groups excluding carboxylic acids is 2. The number of nitrogens with zero attached hydrogens (tertiary/aromatic N) is 1. The molecule has 1 atom stereocenters. The minimum Gasteiger partial charge on any atom is -0.481 e. The number of amides is 2. The monoisotopic (exact) mass is 360 g/mol. The maximum absolute atomic E-state index is 12.7. The van der Waals surface area contributed by atoms with E-state index in [9.17, 15) is 14.4 Å². The third-order valence-electron chi connectivity index (χ3n) is 4.84. The van der Waals surface area contributed by atoms with E-state index in [0.717, 1.165) is 5.56 Å². The number of carboxylic acids is 1. The third kappa shape index (κ3) is 5.58. The molecule has 1 aromatic carbocycles. The second-order valence-corrected chi connectivity index (χ2v) is 7.16. The van der Waals surface area contributed by atoms with E-state index >= 15 is 0 Å². The molecule has 6 nitrogen and oxygen atoms in total. The first kappa shape index (κ1) is 19.9. The summed E-state index contributed by atoms with van der Waals surface area (Å²) in [5.41, 5.74) is 0.912. The van der Waals surface area contributed by atoms with E-state index in [-0.39, 0.29) is 36.1 Å². The molecule has 2 N–H and O–H groups in total. The standard InChI is InChI=1S/C20H28N2O4/c1-14(2)20(26)22-12-10-16(11-13-22)19(25)21-17(8-9-18(23)24)15-6-4-3-5-7-15/h3-7,14,16-17H,8-13H2,1-2H3,(H,21,25)(H,23,24). The topological polar surface area (TPSA) is 86.7 Å². The Bertz CT molecular complexity index is 622. The quantitative estimate of drug-likeness (QED) is 0.782. The zero-order valence-corrected chi connectivity index (χ0v) is 15.5. The van der Waals surface area contributed by atoms with Crippen LogP contribution in [0.1, 0.15) is 51.1 Å². The summed E-state index contributed by atoms with van der Waals surface area (Å²) in [4.78, 5) is 37.5. The van der Waals surface area contributed by atoms with Crippen LogP contribution in [0.25, 0.3) is 0 Å². The van der Waals surface area contributed by atoms with Gasteiger partial charge in [-0.2, -0.15) is 0 Å². The first-order chi connectivity index (χ1) is 12.4. The minimum absolute atomic E-state index is 0.00117. The Morgan fingerprint density at radius 2 is 1.77 bits per heavy atom. The lowest BCUT2D eigenvalue weighted by Gasteiger charge is -2.33. The molecule has 1 fully saturated rings. The van der Waals surface area contributed by atoms with Crippen molar-refractivity contribution in [3.63, 3.8) is 0 Å². The SMILES string of the molecule is CC(C)C(=O)N1CCC(C(=O)NC(CCC(=O)O)c2ccccc2)CC1. The summed E-state index contributed by atoms with van der Waals surface area (Å²) < 4.78 is 0. The molecule has 0 saturated carbocycles. The van der Waals surface area contributed by atoms with Gasteiger partial charge in [-0.3, -0.25) is 14.4 Å². The van der Waals surface area contributed by atoms with Crippen molar-refractivity contribution in [1.29, 1.82) is 0 Å². The van der Waals surface area contributed by atoms with E-state index < -0.39 is 5.97 Å². The Labute approximate surface area is 154 Å². The maximum Gasteiger partial charge on any atom is 0.303 e. The summed E-state index contributed by atoms with van der Waals surface area (Å²) in [6, 6.07) is 9.14. The predicted octanol–water partition coefficient (Wildman–Crippen LogP) is 2.60. The number of hydrogen-bond acceptors (Lipinski definition) is 3. The number of rotatable bonds is 7. The maximum atomic E-state index is 12.7. The second-order valence-electron chi connectivity index (χ2n) is 7.16. The van der Waals surface area contributed by atoms with Crippen LogP contribution in [0.5, 0.6) is 0 Å². The first-order valence-electron chi connectivity index (χ1n) is 9.24. The molecule has 2 rings (SSSR count). The van der Waals surface area contributed by atoms with Gasteiger partial charge in [-0.05, 0) is 24.8 Å². The van der Waals surface area contributed by atoms with Crippen LogP contribution >= 0.6 is 0 Å². The van der Waals surface area contributed by atoms with E-state index in [0.29, 0.717) is 32.4 Å². The molecule has 6 heteroatoms. The van der Waals surface area contributed by atoms with E-state index in [1.54, 1.807) is 0 Å². The number of benzene rings is 1. The third-order valence-corrected chi connectivity index (χ3v) is 4.84. The van der Waals surface area contributed by atoms with Crippen molar-refractivity contribution in [3.05, 3.63) is 35.9 Å². The van der Waals surface area contributed by atoms with Gasteiger partial charge in [0.1, 0.15) is 0 Å². The van der Waals surface area contributed by atoms with Gasteiger partial charge < -0.3 is 15.3 Å². The molecule has 0 spiro atoms. The van der Waals surface area contributed by atoms with E-state index in [2.05, 4.69) is 5.32 Å². The summed E-state index contributed by atoms with van der Waals surface area (Å²) >= 11 is 0. The molecule has 1 heterocycles. The van der Waals surface area contributed by atoms with Gasteiger partial charge in [0.25, 0.3) is 0 Å². The second kappa shape index (κ2) is 9.36. The lowest BCUT2D eigenvalue weighted by atomic mass is 9.93. The lowest BCUT2D eigenvalue weighted by Crippen LogP contribution is -2.44. The molecular weight excluding hydrogens is 332 g/mol. The molecule has 0 aliphatic carbocycles. The average molecular weight is 360 g/mol. The number of piperidine rings is 1. The normalized spacial score (nSPS) is 16.3. The van der Waals surface area contributed by atoms with Crippen molar-refractivity contribution >= 4 is 17.8 Å². The molecular formula is C20H28N2O4. The highest BCUT2D eigenvalue weighted by Crippen LogP contribution is 2.23. The number of carboxylic acid groups (broad SMARTS) is 1. The average Bonchev–Trinajstić information content (AvgIpc) is 2.65. The van der Waals surface area contributed by atoms with Crippen molar-refractivity contribution in [2.24, 2.45) is 11.8 Å². The van der Waals surface area contributed by atoms with Gasteiger partial charge in [-0.15, -0.1) is 0 Å². The van der Waals surface area contributed by atoms with Crippen molar-refractivity contribution in [3.8, 4) is 0 Å². The van der Waals surface area contributed by atoms with Gasteiger partial charge in [0.05, 0.1) is 6.04 Å². The van der Waals surface area contributed by atoms with Crippen LogP contribution in [-0.2, 0) is 14.4 Å². The summed E-state index contributed by atoms with van der Waals surface area (Å²) in [6.45, 7) is 4.96. The fraction of sp³-hybridized carbons (Fsp3) is 0.550. The largest absolute Gasteiger partial charge is 0.481 e. The lowest BCUT2D eigenvalue weighted by molar-refractivity contribution is -0.138. The molecule has 2 amide bonds. The van der Waals surface area contributed by atoms with Crippen LogP contribution in [0.4, 0.5) is 0 Å². The van der Waals surface area contributed by atoms with Crippen LogP contribution in [0.15, 0.2) is 30.3 Å². The molecule has 0 bridgehead atoms. The first-order valence-corrected chi connectivity index (χ1v) is 9.24. The van der Waals surface area contributed by atoms with Crippen molar-refractivity contribution in [2.45, 2.75) is 45.6 Å². The zero-order chi connectivity index (χ0) is 19.1. The number of hydrogen-bond donors (Lipinski definition) is 2. The van der Waals surface area contributed by atoms with Gasteiger partial charge in [-0.25, -0.2) is 0 Å². The van der Waals surface area contributed by atoms with Gasteiger partial charge in [0.2, 0.25) is 11.8 Å². The smallest absolute Gasteiger partial charge is 0.303 e. The van der Waals surface area contributed by atoms with Crippen LogP contribution < -0.4 is 5.32 Å². The summed E-state index contributed by atoms with van der Waals surface area (Å²) in [5, 5.41) is 12.0. The predicted molar refractivity (Wildman–Crippen MR) is 98.3 cm³/mol. The van der Waals surface area contributed by atoms with E-state index in [1.807, 2.05) is 49.1 Å². The summed E-state index contributed by atoms with van der Waals surface area (Å²) in [6.07, 6.45) is 1.65. The van der Waals surface area contributed by atoms with Gasteiger partial charge in [0, 0.05) is 31.3 Å². The summed E-state index contributed by atoms with van der Waals surface area (Å²) in [5.74, 6) is -0.963. The van der Waals surface area contributed by atoms with E-state index in [1.165, 1.54) is 0 Å². The molecule has 1 saturated heterocycles. The molecule has 0 radical (unpaired) electrons. The van der Waals surface area contributed by atoms with Gasteiger partial charge in [0.15, 0.2) is 0 Å². The van der Waals surface area contributed by atoms with Crippen LogP contribution in [0, 0.1) is 11.8 Å². The Morgan fingerprint density at radius 1 is 1.15 bits per heavy atom. The molecule has 26 heavy (non-hydrogen) atoms. The highest BCUT2D eigenvalue weighted by atomic mass is 16.4. The number of nitrogens with one attached hydrogen (secondary N) is 1. The van der Waals surface area contributed by atoms with Crippen molar-refractivity contribution in [1.82, 2.24) is 10.2 Å². The van der Waals surface area contributed by atoms with Crippen LogP contribution in [0.2, 0.25) is 0 Å². The number of likely N-dealkylation sites (tertiary alicyclic amines) is 1. The fourth-order valence-electron chi connectivity index (χ4n) is 3.29. The molecule has 1 unspecified atom stereocenters. The van der Waals surface area contributed by atoms with Crippen LogP contribution in [-0.4, -0.2) is 40.9 Å². The number of aliphatic carboxylic acids is 1. The minimum atomic E-state index is -0.874. The zero-order valence-electron chi connectivity index (χ0n) is 15.5. The molecule has 1 aliphatic heterocycles. The van der Waals surface area contributed by atoms with Gasteiger partial charge >= 0.3 is 5.97 Å². The molecule has 142 valence electrons. The molecule has 0 aromatic heterocycles. The molecule has 1 aliphatic rings. The Balaban J connectivity index is 1.95. The summed E-state index contributed by atoms with van der Waals surface area (Å²) in [7, 11) is 0. The van der Waals surface area contributed by atoms with Crippen molar-refractivity contribution in [2.75, 3.05) is 13.1 Å². The Hall–Kier alpha value is -2.37. The fourth-order valence-corrected chi connectivity index (χ4v) is 3.29. The highest BCUT2D eigenvalue weighted by Gasteiger charge is 2.29. The highest BCUT2D eigenvalue weighted by molar-refractivity contribution is 5.81. The molecule has 1 aromatic rings. The number of carbonyl (C=O) groups is 3. The van der Waals surface area contributed by atoms with Crippen molar-refractivity contribution < 1.29 is 19.5 Å². The Morgan fingerprint density at radius 3 is 2.31 bits per heavy atom. The Kier molecular flexibility index (Phi) is 7.18.